The summed E-state index contributed by atoms with van der Waals surface area (Å²) in [5.74, 6) is 1.17. The first kappa shape index (κ1) is 16.9. The van der Waals surface area contributed by atoms with Crippen molar-refractivity contribution in [2.24, 2.45) is 0 Å². The molecule has 1 saturated carbocycles. The van der Waals surface area contributed by atoms with Crippen LogP contribution in [0.3, 0.4) is 0 Å². The molecule has 1 aromatic rings. The molecule has 23 heavy (non-hydrogen) atoms. The molecular weight excluding hydrogens is 288 g/mol. The summed E-state index contributed by atoms with van der Waals surface area (Å²) >= 11 is 0. The molecule has 1 atom stereocenters. The van der Waals surface area contributed by atoms with Crippen LogP contribution in [-0.4, -0.2) is 62.8 Å². The summed E-state index contributed by atoms with van der Waals surface area (Å²) in [6, 6.07) is 1.25. The van der Waals surface area contributed by atoms with Gasteiger partial charge in [0.15, 0.2) is 0 Å². The highest BCUT2D eigenvalue weighted by atomic mass is 16.3. The number of rotatable bonds is 6. The lowest BCUT2D eigenvalue weighted by molar-refractivity contribution is 0.0125. The molecule has 1 aromatic heterocycles. The van der Waals surface area contributed by atoms with E-state index in [-0.39, 0.29) is 0 Å². The molecule has 5 heteroatoms. The van der Waals surface area contributed by atoms with Gasteiger partial charge in [0, 0.05) is 57.3 Å². The van der Waals surface area contributed by atoms with Crippen LogP contribution in [0.15, 0.2) is 12.4 Å². The number of aliphatic hydroxyl groups is 1. The van der Waals surface area contributed by atoms with Crippen LogP contribution in [0.25, 0.3) is 0 Å². The monoisotopic (exact) mass is 320 g/mol. The van der Waals surface area contributed by atoms with Crippen LogP contribution < -0.4 is 0 Å². The van der Waals surface area contributed by atoms with Gasteiger partial charge in [-0.3, -0.25) is 9.80 Å². The Kier molecular flexibility index (Phi) is 6.08. The average Bonchev–Trinajstić information content (AvgIpc) is 3.03. The highest BCUT2D eigenvalue weighted by Gasteiger charge is 2.32. The summed E-state index contributed by atoms with van der Waals surface area (Å²) < 4.78 is 2.23. The molecule has 130 valence electrons. The molecule has 2 heterocycles. The van der Waals surface area contributed by atoms with Gasteiger partial charge in [-0.05, 0) is 26.2 Å². The Morgan fingerprint density at radius 3 is 2.78 bits per heavy atom. The molecule has 5 nitrogen and oxygen atoms in total. The van der Waals surface area contributed by atoms with Crippen molar-refractivity contribution < 1.29 is 5.11 Å². The number of aromatic nitrogens is 2. The van der Waals surface area contributed by atoms with Crippen molar-refractivity contribution in [1.29, 1.82) is 0 Å². The normalized spacial score (nSPS) is 25.0. The third-order valence-corrected chi connectivity index (χ3v) is 5.63. The number of nitrogens with zero attached hydrogens (tertiary/aromatic N) is 4. The van der Waals surface area contributed by atoms with Crippen LogP contribution in [0.2, 0.25) is 0 Å². The zero-order valence-electron chi connectivity index (χ0n) is 14.5. The van der Waals surface area contributed by atoms with E-state index in [9.17, 15) is 5.11 Å². The zero-order valence-corrected chi connectivity index (χ0v) is 14.5. The van der Waals surface area contributed by atoms with Crippen LogP contribution >= 0.6 is 0 Å². The lowest BCUT2D eigenvalue weighted by Gasteiger charge is -2.46. The molecule has 0 bridgehead atoms. The van der Waals surface area contributed by atoms with E-state index in [1.165, 1.54) is 37.9 Å². The summed E-state index contributed by atoms with van der Waals surface area (Å²) in [5.41, 5.74) is 0. The SMILES string of the molecule is CCn1ccnc1CN1CCN(C2CCCCC2)[C@H](CCO)C1. The van der Waals surface area contributed by atoms with Crippen molar-refractivity contribution in [3.8, 4) is 0 Å². The van der Waals surface area contributed by atoms with Crippen molar-refractivity contribution in [2.45, 2.75) is 70.6 Å². The number of aryl methyl sites for hydroxylation is 1. The predicted octanol–water partition coefficient (Wildman–Crippen LogP) is 2.10. The summed E-state index contributed by atoms with van der Waals surface area (Å²) in [5, 5.41) is 9.50. The van der Waals surface area contributed by atoms with Crippen molar-refractivity contribution in [1.82, 2.24) is 19.4 Å². The molecular formula is C18H32N4O. The second-order valence-corrected chi connectivity index (χ2v) is 7.06. The molecule has 0 unspecified atom stereocenters. The molecule has 0 amide bonds. The summed E-state index contributed by atoms with van der Waals surface area (Å²) in [6.07, 6.45) is 11.7. The third-order valence-electron chi connectivity index (χ3n) is 5.63. The number of piperazine rings is 1. The smallest absolute Gasteiger partial charge is 0.122 e. The van der Waals surface area contributed by atoms with Gasteiger partial charge in [0.05, 0.1) is 6.54 Å². The molecule has 0 aromatic carbocycles. The van der Waals surface area contributed by atoms with Gasteiger partial charge in [0.2, 0.25) is 0 Å². The maximum atomic E-state index is 9.50. The molecule has 1 saturated heterocycles. The molecule has 1 aliphatic heterocycles. The molecule has 3 rings (SSSR count). The molecule has 1 N–H and O–H groups in total. The van der Waals surface area contributed by atoms with Gasteiger partial charge in [-0.1, -0.05) is 19.3 Å². The van der Waals surface area contributed by atoms with Crippen molar-refractivity contribution in [3.63, 3.8) is 0 Å². The first-order valence-electron chi connectivity index (χ1n) is 9.40. The first-order chi connectivity index (χ1) is 11.3. The van der Waals surface area contributed by atoms with E-state index in [0.717, 1.165) is 45.2 Å². The summed E-state index contributed by atoms with van der Waals surface area (Å²) in [4.78, 5) is 9.75. The molecule has 0 radical (unpaired) electrons. The molecule has 2 fully saturated rings. The minimum absolute atomic E-state index is 0.297. The predicted molar refractivity (Wildman–Crippen MR) is 92.2 cm³/mol. The minimum Gasteiger partial charge on any atom is -0.396 e. The number of aliphatic hydroxyl groups excluding tert-OH is 1. The quantitative estimate of drug-likeness (QED) is 0.872. The Bertz CT molecular complexity index is 469. The largest absolute Gasteiger partial charge is 0.396 e. The Labute approximate surface area is 140 Å². The van der Waals surface area contributed by atoms with E-state index in [1.54, 1.807) is 0 Å². The van der Waals surface area contributed by atoms with E-state index in [1.807, 2.05) is 6.20 Å². The maximum absolute atomic E-state index is 9.50. The van der Waals surface area contributed by atoms with Gasteiger partial charge in [-0.2, -0.15) is 0 Å². The van der Waals surface area contributed by atoms with Crippen LogP contribution in [0.4, 0.5) is 0 Å². The van der Waals surface area contributed by atoms with Gasteiger partial charge >= 0.3 is 0 Å². The number of imidazole rings is 1. The highest BCUT2D eigenvalue weighted by molar-refractivity contribution is 4.95. The minimum atomic E-state index is 0.297. The Morgan fingerprint density at radius 2 is 2.04 bits per heavy atom. The second kappa shape index (κ2) is 8.27. The number of hydrogen-bond acceptors (Lipinski definition) is 4. The van der Waals surface area contributed by atoms with E-state index < -0.39 is 0 Å². The van der Waals surface area contributed by atoms with Crippen LogP contribution in [0.1, 0.15) is 51.3 Å². The molecule has 1 aliphatic carbocycles. The van der Waals surface area contributed by atoms with Gasteiger partial charge in [-0.25, -0.2) is 4.98 Å². The average molecular weight is 320 g/mol. The lowest BCUT2D eigenvalue weighted by Crippen LogP contribution is -2.56. The molecule has 0 spiro atoms. The Balaban J connectivity index is 1.61. The zero-order chi connectivity index (χ0) is 16.1. The van der Waals surface area contributed by atoms with Gasteiger partial charge in [0.25, 0.3) is 0 Å². The van der Waals surface area contributed by atoms with E-state index in [4.69, 9.17) is 0 Å². The van der Waals surface area contributed by atoms with Crippen LogP contribution in [0, 0.1) is 0 Å². The van der Waals surface area contributed by atoms with E-state index in [0.29, 0.717) is 12.6 Å². The Hall–Kier alpha value is -0.910. The lowest BCUT2D eigenvalue weighted by atomic mass is 9.92. The topological polar surface area (TPSA) is 44.5 Å². The van der Waals surface area contributed by atoms with Crippen LogP contribution in [-0.2, 0) is 13.1 Å². The van der Waals surface area contributed by atoms with E-state index in [2.05, 4.69) is 32.5 Å². The number of hydrogen-bond donors (Lipinski definition) is 1. The van der Waals surface area contributed by atoms with Crippen molar-refractivity contribution in [2.75, 3.05) is 26.2 Å². The van der Waals surface area contributed by atoms with Gasteiger partial charge < -0.3 is 9.67 Å². The fourth-order valence-corrected chi connectivity index (χ4v) is 4.36. The fraction of sp³-hybridized carbons (Fsp3) is 0.833. The second-order valence-electron chi connectivity index (χ2n) is 7.06. The van der Waals surface area contributed by atoms with Gasteiger partial charge in [-0.15, -0.1) is 0 Å². The van der Waals surface area contributed by atoms with Crippen molar-refractivity contribution >= 4 is 0 Å². The first-order valence-corrected chi connectivity index (χ1v) is 9.40. The highest BCUT2D eigenvalue weighted by Crippen LogP contribution is 2.27. The third kappa shape index (κ3) is 4.14. The maximum Gasteiger partial charge on any atom is 0.122 e. The van der Waals surface area contributed by atoms with E-state index >= 15 is 0 Å². The standard InChI is InChI=1S/C18H32N4O/c1-2-21-10-9-19-18(21)15-20-11-12-22(17(14-20)8-13-23)16-6-4-3-5-7-16/h9-10,16-17,23H,2-8,11-15H2,1H3/t17-/m1/s1. The fourth-order valence-electron chi connectivity index (χ4n) is 4.36. The van der Waals surface area contributed by atoms with Crippen molar-refractivity contribution in [3.05, 3.63) is 18.2 Å². The summed E-state index contributed by atoms with van der Waals surface area (Å²) in [7, 11) is 0. The Morgan fingerprint density at radius 1 is 1.22 bits per heavy atom. The van der Waals surface area contributed by atoms with Gasteiger partial charge in [0.1, 0.15) is 5.82 Å². The molecule has 2 aliphatic rings. The summed E-state index contributed by atoms with van der Waals surface area (Å²) in [6.45, 7) is 7.70. The van der Waals surface area contributed by atoms with Crippen LogP contribution in [0.5, 0.6) is 0 Å².